The van der Waals surface area contributed by atoms with Crippen LogP contribution in [0.25, 0.3) is 0 Å². The van der Waals surface area contributed by atoms with Crippen LogP contribution >= 0.6 is 0 Å². The third-order valence-electron chi connectivity index (χ3n) is 3.28. The van der Waals surface area contributed by atoms with E-state index in [4.69, 9.17) is 0 Å². The minimum atomic E-state index is -0.647. The minimum Gasteiger partial charge on any atom is -0.480 e. The average Bonchev–Trinajstić information content (AvgIpc) is 2.13. The number of piperidine rings is 1. The monoisotopic (exact) mass is 213 g/mol. The van der Waals surface area contributed by atoms with Crippen LogP contribution in [0.3, 0.4) is 0 Å². The molecular weight excluding hydrogens is 190 g/mol. The van der Waals surface area contributed by atoms with E-state index in [1.165, 1.54) is 0 Å². The molecule has 0 aromatic carbocycles. The minimum absolute atomic E-state index is 0.252. The van der Waals surface area contributed by atoms with Crippen molar-refractivity contribution in [3.8, 4) is 0 Å². The van der Waals surface area contributed by atoms with Crippen LogP contribution < -0.4 is 0 Å². The van der Waals surface area contributed by atoms with E-state index >= 15 is 0 Å². The first-order valence-corrected chi connectivity index (χ1v) is 5.99. The molecule has 2 atom stereocenters. The Morgan fingerprint density at radius 1 is 1.53 bits per heavy atom. The second kappa shape index (κ2) is 5.50. The van der Waals surface area contributed by atoms with Gasteiger partial charge in [-0.1, -0.05) is 20.8 Å². The molecule has 3 nitrogen and oxygen atoms in total. The Labute approximate surface area is 92.5 Å². The van der Waals surface area contributed by atoms with E-state index < -0.39 is 5.97 Å². The third kappa shape index (κ3) is 3.49. The third-order valence-corrected chi connectivity index (χ3v) is 3.28. The number of carboxylic acids is 1. The van der Waals surface area contributed by atoms with Crippen LogP contribution in [0.4, 0.5) is 0 Å². The smallest absolute Gasteiger partial charge is 0.321 e. The number of carboxylic acid groups (broad SMARTS) is 1. The van der Waals surface area contributed by atoms with E-state index in [1.54, 1.807) is 0 Å². The Kier molecular flexibility index (Phi) is 4.58. The standard InChI is InChI=1S/C12H23NO2/c1-9(2)6-8-13-7-4-5-10(3)11(13)12(14)15/h9-11H,4-8H2,1-3H3,(H,14,15). The molecule has 0 amide bonds. The van der Waals surface area contributed by atoms with Crippen molar-refractivity contribution >= 4 is 5.97 Å². The Morgan fingerprint density at radius 2 is 2.20 bits per heavy atom. The SMILES string of the molecule is CC(C)CCN1CCCC(C)C1C(=O)O. The Bertz CT molecular complexity index is 216. The number of likely N-dealkylation sites (tertiary alicyclic amines) is 1. The van der Waals surface area contributed by atoms with Gasteiger partial charge in [-0.25, -0.2) is 0 Å². The van der Waals surface area contributed by atoms with Gasteiger partial charge in [0.25, 0.3) is 0 Å². The zero-order chi connectivity index (χ0) is 11.4. The Morgan fingerprint density at radius 3 is 2.73 bits per heavy atom. The molecule has 0 saturated carbocycles. The van der Waals surface area contributed by atoms with Crippen molar-refractivity contribution < 1.29 is 9.90 Å². The molecule has 0 bridgehead atoms. The maximum atomic E-state index is 11.2. The Balaban J connectivity index is 2.54. The zero-order valence-electron chi connectivity index (χ0n) is 10.1. The molecule has 0 aromatic heterocycles. The van der Waals surface area contributed by atoms with Crippen LogP contribution in [0.15, 0.2) is 0 Å². The lowest BCUT2D eigenvalue weighted by molar-refractivity contribution is -0.146. The summed E-state index contributed by atoms with van der Waals surface area (Å²) in [4.78, 5) is 13.3. The summed E-state index contributed by atoms with van der Waals surface area (Å²) in [5.41, 5.74) is 0. The number of hydrogen-bond acceptors (Lipinski definition) is 2. The molecule has 1 rings (SSSR count). The second-order valence-electron chi connectivity index (χ2n) is 5.12. The van der Waals surface area contributed by atoms with E-state index in [9.17, 15) is 9.90 Å². The number of hydrogen-bond donors (Lipinski definition) is 1. The van der Waals surface area contributed by atoms with E-state index in [0.29, 0.717) is 11.8 Å². The van der Waals surface area contributed by atoms with Crippen molar-refractivity contribution in [1.29, 1.82) is 0 Å². The molecule has 1 aliphatic rings. The number of nitrogens with zero attached hydrogens (tertiary/aromatic N) is 1. The average molecular weight is 213 g/mol. The van der Waals surface area contributed by atoms with Crippen molar-refractivity contribution in [2.24, 2.45) is 11.8 Å². The van der Waals surface area contributed by atoms with Crippen molar-refractivity contribution in [1.82, 2.24) is 4.90 Å². The summed E-state index contributed by atoms with van der Waals surface area (Å²) in [7, 11) is 0. The van der Waals surface area contributed by atoms with Crippen LogP contribution in [0, 0.1) is 11.8 Å². The molecular formula is C12H23NO2. The zero-order valence-corrected chi connectivity index (χ0v) is 10.1. The molecule has 1 heterocycles. The largest absolute Gasteiger partial charge is 0.480 e. The van der Waals surface area contributed by atoms with Crippen LogP contribution in [-0.4, -0.2) is 35.1 Å². The summed E-state index contributed by atoms with van der Waals surface area (Å²) >= 11 is 0. The highest BCUT2D eigenvalue weighted by Crippen LogP contribution is 2.24. The molecule has 0 aromatic rings. The molecule has 1 fully saturated rings. The second-order valence-corrected chi connectivity index (χ2v) is 5.12. The number of rotatable bonds is 4. The highest BCUT2D eigenvalue weighted by molar-refractivity contribution is 5.74. The van der Waals surface area contributed by atoms with Gasteiger partial charge in [0.15, 0.2) is 0 Å². The van der Waals surface area contributed by atoms with Gasteiger partial charge in [0.05, 0.1) is 0 Å². The molecule has 0 spiro atoms. The fourth-order valence-electron chi connectivity index (χ4n) is 2.35. The fraction of sp³-hybridized carbons (Fsp3) is 0.917. The fourth-order valence-corrected chi connectivity index (χ4v) is 2.35. The van der Waals surface area contributed by atoms with E-state index in [0.717, 1.165) is 32.4 Å². The van der Waals surface area contributed by atoms with E-state index in [2.05, 4.69) is 25.7 Å². The normalized spacial score (nSPS) is 28.3. The van der Waals surface area contributed by atoms with Gasteiger partial charge in [-0.05, 0) is 44.2 Å². The lowest BCUT2D eigenvalue weighted by Gasteiger charge is -2.37. The van der Waals surface area contributed by atoms with Crippen LogP contribution in [-0.2, 0) is 4.79 Å². The maximum Gasteiger partial charge on any atom is 0.321 e. The van der Waals surface area contributed by atoms with Crippen molar-refractivity contribution in [2.75, 3.05) is 13.1 Å². The molecule has 1 saturated heterocycles. The first-order chi connectivity index (χ1) is 7.02. The molecule has 2 unspecified atom stereocenters. The summed E-state index contributed by atoms with van der Waals surface area (Å²) in [6.45, 7) is 8.31. The molecule has 0 radical (unpaired) electrons. The lowest BCUT2D eigenvalue weighted by Crippen LogP contribution is -2.49. The predicted molar refractivity (Wildman–Crippen MR) is 60.8 cm³/mol. The topological polar surface area (TPSA) is 40.5 Å². The molecule has 88 valence electrons. The molecule has 0 aliphatic carbocycles. The summed E-state index contributed by atoms with van der Waals surface area (Å²) in [5, 5.41) is 9.20. The van der Waals surface area contributed by atoms with Crippen LogP contribution in [0.5, 0.6) is 0 Å². The summed E-state index contributed by atoms with van der Waals surface area (Å²) in [6.07, 6.45) is 3.29. The summed E-state index contributed by atoms with van der Waals surface area (Å²) in [5.74, 6) is 0.297. The van der Waals surface area contributed by atoms with Crippen LogP contribution in [0.2, 0.25) is 0 Å². The van der Waals surface area contributed by atoms with Gasteiger partial charge in [0.1, 0.15) is 6.04 Å². The van der Waals surface area contributed by atoms with E-state index in [-0.39, 0.29) is 6.04 Å². The molecule has 15 heavy (non-hydrogen) atoms. The summed E-state index contributed by atoms with van der Waals surface area (Å²) < 4.78 is 0. The van der Waals surface area contributed by atoms with Gasteiger partial charge in [0, 0.05) is 0 Å². The number of carbonyl (C=O) groups is 1. The quantitative estimate of drug-likeness (QED) is 0.778. The van der Waals surface area contributed by atoms with Crippen molar-refractivity contribution in [3.63, 3.8) is 0 Å². The lowest BCUT2D eigenvalue weighted by atomic mass is 9.90. The number of aliphatic carboxylic acids is 1. The molecule has 1 aliphatic heterocycles. The Hall–Kier alpha value is -0.570. The molecule has 1 N–H and O–H groups in total. The highest BCUT2D eigenvalue weighted by Gasteiger charge is 2.33. The van der Waals surface area contributed by atoms with Gasteiger partial charge >= 0.3 is 5.97 Å². The van der Waals surface area contributed by atoms with Crippen LogP contribution in [0.1, 0.15) is 40.0 Å². The molecule has 3 heteroatoms. The van der Waals surface area contributed by atoms with Gasteiger partial charge in [-0.15, -0.1) is 0 Å². The van der Waals surface area contributed by atoms with E-state index in [1.807, 2.05) is 0 Å². The first-order valence-electron chi connectivity index (χ1n) is 5.99. The summed E-state index contributed by atoms with van der Waals surface area (Å²) in [6, 6.07) is -0.252. The van der Waals surface area contributed by atoms with Crippen molar-refractivity contribution in [2.45, 2.75) is 46.1 Å². The van der Waals surface area contributed by atoms with Gasteiger partial charge in [0.2, 0.25) is 0 Å². The maximum absolute atomic E-state index is 11.2. The van der Waals surface area contributed by atoms with Gasteiger partial charge < -0.3 is 5.11 Å². The first kappa shape index (κ1) is 12.5. The highest BCUT2D eigenvalue weighted by atomic mass is 16.4. The van der Waals surface area contributed by atoms with Gasteiger partial charge in [-0.2, -0.15) is 0 Å². The van der Waals surface area contributed by atoms with Crippen molar-refractivity contribution in [3.05, 3.63) is 0 Å². The predicted octanol–water partition coefficient (Wildman–Crippen LogP) is 2.22. The van der Waals surface area contributed by atoms with Gasteiger partial charge in [-0.3, -0.25) is 9.69 Å².